The summed E-state index contributed by atoms with van der Waals surface area (Å²) in [5.74, 6) is -0.203. The first-order valence-corrected chi connectivity index (χ1v) is 3.85. The Morgan fingerprint density at radius 3 is 2.92 bits per heavy atom. The molecule has 0 spiro atoms. The zero-order chi connectivity index (χ0) is 9.84. The van der Waals surface area contributed by atoms with E-state index in [-0.39, 0.29) is 18.1 Å². The molecule has 0 fully saturated rings. The van der Waals surface area contributed by atoms with Gasteiger partial charge in [0.25, 0.3) is 0 Å². The standard InChI is InChI=1S/C9H11NO3/c1-6-3-7(4-9(12)13-2)10-5-8(6)11/h3,5,11H,4H2,1-2H3. The number of carbonyl (C=O) groups excluding carboxylic acids is 1. The van der Waals surface area contributed by atoms with Crippen LogP contribution in [0.15, 0.2) is 12.3 Å². The van der Waals surface area contributed by atoms with Gasteiger partial charge in [0.2, 0.25) is 0 Å². The molecular formula is C9H11NO3. The molecule has 0 atom stereocenters. The predicted octanol–water partition coefficient (Wildman–Crippen LogP) is 0.811. The minimum absolute atomic E-state index is 0.133. The quantitative estimate of drug-likeness (QED) is 0.686. The molecule has 0 radical (unpaired) electrons. The zero-order valence-electron chi connectivity index (χ0n) is 7.57. The Bertz CT molecular complexity index is 323. The number of rotatable bonds is 2. The Labute approximate surface area is 76.2 Å². The maximum absolute atomic E-state index is 10.9. The van der Waals surface area contributed by atoms with Crippen molar-refractivity contribution >= 4 is 5.97 Å². The van der Waals surface area contributed by atoms with Crippen LogP contribution in [0.2, 0.25) is 0 Å². The third kappa shape index (κ3) is 2.43. The predicted molar refractivity (Wildman–Crippen MR) is 46.4 cm³/mol. The first kappa shape index (κ1) is 9.51. The zero-order valence-corrected chi connectivity index (χ0v) is 7.57. The molecule has 1 rings (SSSR count). The lowest BCUT2D eigenvalue weighted by molar-refractivity contribution is -0.139. The molecule has 0 aliphatic carbocycles. The average Bonchev–Trinajstić information content (AvgIpc) is 2.11. The minimum atomic E-state index is -0.336. The molecule has 4 heteroatoms. The number of ether oxygens (including phenoxy) is 1. The van der Waals surface area contributed by atoms with Crippen LogP contribution in [0.25, 0.3) is 0 Å². The first-order chi connectivity index (χ1) is 6.13. The number of aryl methyl sites for hydroxylation is 1. The number of esters is 1. The summed E-state index contributed by atoms with van der Waals surface area (Å²) in [6.07, 6.45) is 1.46. The highest BCUT2D eigenvalue weighted by molar-refractivity contribution is 5.71. The lowest BCUT2D eigenvalue weighted by Crippen LogP contribution is -2.06. The van der Waals surface area contributed by atoms with Gasteiger partial charge in [-0.2, -0.15) is 0 Å². The van der Waals surface area contributed by atoms with Crippen LogP contribution in [-0.2, 0) is 16.0 Å². The van der Waals surface area contributed by atoms with Crippen molar-refractivity contribution < 1.29 is 14.6 Å². The molecule has 13 heavy (non-hydrogen) atoms. The summed E-state index contributed by atoms with van der Waals surface area (Å²) in [6.45, 7) is 1.75. The Hall–Kier alpha value is -1.58. The number of aromatic nitrogens is 1. The summed E-state index contributed by atoms with van der Waals surface area (Å²) in [5.41, 5.74) is 1.30. The number of aromatic hydroxyl groups is 1. The van der Waals surface area contributed by atoms with E-state index in [2.05, 4.69) is 9.72 Å². The summed E-state index contributed by atoms with van der Waals surface area (Å²) >= 11 is 0. The van der Waals surface area contributed by atoms with E-state index in [0.29, 0.717) is 11.3 Å². The molecule has 1 aromatic heterocycles. The smallest absolute Gasteiger partial charge is 0.311 e. The molecule has 0 unspecified atom stereocenters. The number of hydrogen-bond donors (Lipinski definition) is 1. The third-order valence-corrected chi connectivity index (χ3v) is 1.69. The molecule has 0 saturated heterocycles. The lowest BCUT2D eigenvalue weighted by atomic mass is 10.2. The van der Waals surface area contributed by atoms with Crippen LogP contribution >= 0.6 is 0 Å². The van der Waals surface area contributed by atoms with Gasteiger partial charge in [0.15, 0.2) is 0 Å². The SMILES string of the molecule is COC(=O)Cc1cc(C)c(O)cn1. The second-order valence-electron chi connectivity index (χ2n) is 2.72. The van der Waals surface area contributed by atoms with Gasteiger partial charge in [-0.1, -0.05) is 0 Å². The fourth-order valence-corrected chi connectivity index (χ4v) is 0.924. The van der Waals surface area contributed by atoms with E-state index in [9.17, 15) is 4.79 Å². The van der Waals surface area contributed by atoms with Gasteiger partial charge < -0.3 is 9.84 Å². The van der Waals surface area contributed by atoms with Gasteiger partial charge in [0.05, 0.1) is 25.4 Å². The second kappa shape index (κ2) is 3.89. The highest BCUT2D eigenvalue weighted by Gasteiger charge is 2.05. The van der Waals surface area contributed by atoms with Gasteiger partial charge in [-0.3, -0.25) is 9.78 Å². The topological polar surface area (TPSA) is 59.4 Å². The van der Waals surface area contributed by atoms with Crippen molar-refractivity contribution in [1.29, 1.82) is 0 Å². The fraction of sp³-hybridized carbons (Fsp3) is 0.333. The van der Waals surface area contributed by atoms with E-state index in [1.165, 1.54) is 13.3 Å². The van der Waals surface area contributed by atoms with Crippen LogP contribution in [0.3, 0.4) is 0 Å². The van der Waals surface area contributed by atoms with Crippen molar-refractivity contribution in [3.8, 4) is 5.75 Å². The largest absolute Gasteiger partial charge is 0.506 e. The molecule has 1 N–H and O–H groups in total. The number of carbonyl (C=O) groups is 1. The Morgan fingerprint density at radius 1 is 1.69 bits per heavy atom. The molecule has 0 aliphatic rings. The van der Waals surface area contributed by atoms with Crippen LogP contribution in [0, 0.1) is 6.92 Å². The molecule has 1 heterocycles. The Kier molecular flexibility index (Phi) is 2.84. The van der Waals surface area contributed by atoms with Gasteiger partial charge in [-0.05, 0) is 18.6 Å². The summed E-state index contributed by atoms with van der Waals surface area (Å²) in [5, 5.41) is 9.16. The van der Waals surface area contributed by atoms with Gasteiger partial charge in [-0.25, -0.2) is 0 Å². The maximum atomic E-state index is 10.9. The van der Waals surface area contributed by atoms with Gasteiger partial charge >= 0.3 is 5.97 Å². The molecule has 0 saturated carbocycles. The number of methoxy groups -OCH3 is 1. The van der Waals surface area contributed by atoms with Crippen molar-refractivity contribution in [3.63, 3.8) is 0 Å². The van der Waals surface area contributed by atoms with Crippen molar-refractivity contribution in [1.82, 2.24) is 4.98 Å². The molecule has 0 aromatic carbocycles. The van der Waals surface area contributed by atoms with Crippen LogP contribution < -0.4 is 0 Å². The summed E-state index contributed by atoms with van der Waals surface area (Å²) in [6, 6.07) is 1.66. The Morgan fingerprint density at radius 2 is 2.38 bits per heavy atom. The Balaban J connectivity index is 2.79. The average molecular weight is 181 g/mol. The molecule has 70 valence electrons. The maximum Gasteiger partial charge on any atom is 0.311 e. The van der Waals surface area contributed by atoms with E-state index in [1.807, 2.05) is 0 Å². The highest BCUT2D eigenvalue weighted by Crippen LogP contribution is 2.14. The number of pyridine rings is 1. The fourth-order valence-electron chi connectivity index (χ4n) is 0.924. The van der Waals surface area contributed by atoms with Gasteiger partial charge in [0.1, 0.15) is 5.75 Å². The normalized spacial score (nSPS) is 9.69. The van der Waals surface area contributed by atoms with Crippen molar-refractivity contribution in [3.05, 3.63) is 23.5 Å². The molecular weight excluding hydrogens is 170 g/mol. The second-order valence-corrected chi connectivity index (χ2v) is 2.72. The molecule has 1 aromatic rings. The summed E-state index contributed by atoms with van der Waals surface area (Å²) < 4.78 is 4.48. The molecule has 0 amide bonds. The lowest BCUT2D eigenvalue weighted by Gasteiger charge is -2.01. The van der Waals surface area contributed by atoms with Gasteiger partial charge in [0, 0.05) is 0 Å². The molecule has 0 bridgehead atoms. The van der Waals surface area contributed by atoms with E-state index in [0.717, 1.165) is 0 Å². The molecule has 4 nitrogen and oxygen atoms in total. The van der Waals surface area contributed by atoms with Crippen LogP contribution in [0.5, 0.6) is 5.75 Å². The van der Waals surface area contributed by atoms with Crippen molar-refractivity contribution in [2.75, 3.05) is 7.11 Å². The van der Waals surface area contributed by atoms with E-state index in [4.69, 9.17) is 5.11 Å². The van der Waals surface area contributed by atoms with Crippen LogP contribution in [0.1, 0.15) is 11.3 Å². The molecule has 0 aliphatic heterocycles. The minimum Gasteiger partial charge on any atom is -0.506 e. The van der Waals surface area contributed by atoms with E-state index < -0.39 is 0 Å². The van der Waals surface area contributed by atoms with Crippen LogP contribution in [0.4, 0.5) is 0 Å². The van der Waals surface area contributed by atoms with Gasteiger partial charge in [-0.15, -0.1) is 0 Å². The third-order valence-electron chi connectivity index (χ3n) is 1.69. The van der Waals surface area contributed by atoms with Crippen molar-refractivity contribution in [2.45, 2.75) is 13.3 Å². The van der Waals surface area contributed by atoms with Crippen molar-refractivity contribution in [2.24, 2.45) is 0 Å². The first-order valence-electron chi connectivity index (χ1n) is 3.85. The van der Waals surface area contributed by atoms with E-state index in [1.54, 1.807) is 13.0 Å². The van der Waals surface area contributed by atoms with Crippen LogP contribution in [-0.4, -0.2) is 23.2 Å². The summed E-state index contributed by atoms with van der Waals surface area (Å²) in [7, 11) is 1.33. The highest BCUT2D eigenvalue weighted by atomic mass is 16.5. The summed E-state index contributed by atoms with van der Waals surface area (Å²) in [4.78, 5) is 14.7. The number of nitrogens with zero attached hydrogens (tertiary/aromatic N) is 1. The number of hydrogen-bond acceptors (Lipinski definition) is 4. The monoisotopic (exact) mass is 181 g/mol. The van der Waals surface area contributed by atoms with E-state index >= 15 is 0 Å².